The third-order valence-corrected chi connectivity index (χ3v) is 4.11. The van der Waals surface area contributed by atoms with Crippen LogP contribution in [0, 0.1) is 0 Å². The van der Waals surface area contributed by atoms with Crippen molar-refractivity contribution < 1.29 is 0 Å². The van der Waals surface area contributed by atoms with Gasteiger partial charge in [-0.2, -0.15) is 11.8 Å². The van der Waals surface area contributed by atoms with Gasteiger partial charge < -0.3 is 10.6 Å². The van der Waals surface area contributed by atoms with Gasteiger partial charge in [0.25, 0.3) is 0 Å². The maximum absolute atomic E-state index is 5.99. The summed E-state index contributed by atoms with van der Waals surface area (Å²) < 4.78 is 0. The van der Waals surface area contributed by atoms with Crippen molar-refractivity contribution in [1.29, 1.82) is 0 Å². The normalized spacial score (nSPS) is 17.3. The molecular weight excluding hydrogens is 218 g/mol. The third kappa shape index (κ3) is 2.43. The predicted molar refractivity (Wildman–Crippen MR) is 72.0 cm³/mol. The highest BCUT2D eigenvalue weighted by atomic mass is 32.2. The molecule has 2 N–H and O–H groups in total. The van der Waals surface area contributed by atoms with Crippen molar-refractivity contribution in [1.82, 2.24) is 4.98 Å². The number of nitrogens with two attached hydrogens (primary N) is 1. The topological polar surface area (TPSA) is 42.2 Å². The van der Waals surface area contributed by atoms with Crippen molar-refractivity contribution in [3.8, 4) is 0 Å². The van der Waals surface area contributed by atoms with Crippen molar-refractivity contribution in [2.24, 2.45) is 0 Å². The van der Waals surface area contributed by atoms with Crippen LogP contribution in [0.1, 0.15) is 19.8 Å². The zero-order chi connectivity index (χ0) is 11.4. The Labute approximate surface area is 101 Å². The summed E-state index contributed by atoms with van der Waals surface area (Å²) in [6, 6.07) is 4.44. The molecule has 0 amide bonds. The maximum Gasteiger partial charge on any atom is 0.151 e. The highest BCUT2D eigenvalue weighted by Crippen LogP contribution is 2.28. The zero-order valence-corrected chi connectivity index (χ0v) is 10.5. The van der Waals surface area contributed by atoms with E-state index in [1.807, 2.05) is 30.1 Å². The second-order valence-corrected chi connectivity index (χ2v) is 5.27. The standard InChI is InChI=1S/C12H19N3S/c1-2-15(10-5-8-16-9-6-10)12-11(13)4-3-7-14-12/h3-4,7,10H,2,5-6,8-9,13H2,1H3. The van der Waals surface area contributed by atoms with Gasteiger partial charge in [-0.15, -0.1) is 0 Å². The minimum Gasteiger partial charge on any atom is -0.396 e. The molecule has 0 spiro atoms. The lowest BCUT2D eigenvalue weighted by molar-refractivity contribution is 0.559. The predicted octanol–water partition coefficient (Wildman–Crippen LogP) is 2.39. The summed E-state index contributed by atoms with van der Waals surface area (Å²) in [7, 11) is 0. The largest absolute Gasteiger partial charge is 0.396 e. The Bertz CT molecular complexity index is 337. The number of rotatable bonds is 3. The smallest absolute Gasteiger partial charge is 0.151 e. The number of hydrogen-bond donors (Lipinski definition) is 1. The molecule has 0 atom stereocenters. The van der Waals surface area contributed by atoms with E-state index in [4.69, 9.17) is 5.73 Å². The number of nitrogens with zero attached hydrogens (tertiary/aromatic N) is 2. The summed E-state index contributed by atoms with van der Waals surface area (Å²) in [5.74, 6) is 3.48. The van der Waals surface area contributed by atoms with Crippen molar-refractivity contribution in [2.45, 2.75) is 25.8 Å². The van der Waals surface area contributed by atoms with Gasteiger partial charge in [0.15, 0.2) is 5.82 Å². The molecular formula is C12H19N3S. The lowest BCUT2D eigenvalue weighted by atomic mass is 10.1. The molecule has 0 unspecified atom stereocenters. The Balaban J connectivity index is 2.18. The van der Waals surface area contributed by atoms with Crippen LogP contribution in [0.3, 0.4) is 0 Å². The van der Waals surface area contributed by atoms with Crippen LogP contribution in [-0.4, -0.2) is 29.1 Å². The van der Waals surface area contributed by atoms with Crippen molar-refractivity contribution in [3.63, 3.8) is 0 Å². The second-order valence-electron chi connectivity index (χ2n) is 4.05. The molecule has 0 aliphatic carbocycles. The number of pyridine rings is 1. The Kier molecular flexibility index (Phi) is 3.93. The molecule has 3 nitrogen and oxygen atoms in total. The van der Waals surface area contributed by atoms with Gasteiger partial charge in [0.2, 0.25) is 0 Å². The molecule has 1 aromatic heterocycles. The molecule has 2 rings (SSSR count). The van der Waals surface area contributed by atoms with Crippen molar-refractivity contribution in [3.05, 3.63) is 18.3 Å². The van der Waals surface area contributed by atoms with Crippen molar-refractivity contribution in [2.75, 3.05) is 28.7 Å². The molecule has 0 saturated carbocycles. The fourth-order valence-electron chi connectivity index (χ4n) is 2.23. The third-order valence-electron chi connectivity index (χ3n) is 3.06. The molecule has 1 fully saturated rings. The monoisotopic (exact) mass is 237 g/mol. The summed E-state index contributed by atoms with van der Waals surface area (Å²) in [5, 5.41) is 0. The van der Waals surface area contributed by atoms with E-state index in [2.05, 4.69) is 16.8 Å². The van der Waals surface area contributed by atoms with E-state index < -0.39 is 0 Å². The van der Waals surface area contributed by atoms with Crippen LogP contribution in [0.15, 0.2) is 18.3 Å². The van der Waals surface area contributed by atoms with Gasteiger partial charge in [-0.3, -0.25) is 0 Å². The Morgan fingerprint density at radius 2 is 2.25 bits per heavy atom. The lowest BCUT2D eigenvalue weighted by Crippen LogP contribution is -2.38. The number of thioether (sulfide) groups is 1. The van der Waals surface area contributed by atoms with Gasteiger partial charge in [-0.05, 0) is 43.4 Å². The van der Waals surface area contributed by atoms with Crippen molar-refractivity contribution >= 4 is 23.3 Å². The van der Waals surface area contributed by atoms with Gasteiger partial charge in [0, 0.05) is 18.8 Å². The van der Waals surface area contributed by atoms with E-state index in [1.54, 1.807) is 0 Å². The first-order valence-corrected chi connectivity index (χ1v) is 7.03. The lowest BCUT2D eigenvalue weighted by Gasteiger charge is -2.34. The fourth-order valence-corrected chi connectivity index (χ4v) is 3.31. The fraction of sp³-hybridized carbons (Fsp3) is 0.583. The number of aromatic nitrogens is 1. The van der Waals surface area contributed by atoms with E-state index in [-0.39, 0.29) is 0 Å². The summed E-state index contributed by atoms with van der Waals surface area (Å²) in [5.41, 5.74) is 6.79. The van der Waals surface area contributed by atoms with E-state index in [0.29, 0.717) is 6.04 Å². The first kappa shape index (κ1) is 11.6. The van der Waals surface area contributed by atoms with Gasteiger partial charge in [-0.1, -0.05) is 0 Å². The van der Waals surface area contributed by atoms with Crippen LogP contribution in [0.25, 0.3) is 0 Å². The summed E-state index contributed by atoms with van der Waals surface area (Å²) >= 11 is 2.05. The Morgan fingerprint density at radius 1 is 1.50 bits per heavy atom. The summed E-state index contributed by atoms with van der Waals surface area (Å²) in [6.45, 7) is 3.16. The van der Waals surface area contributed by atoms with Gasteiger partial charge in [0.05, 0.1) is 5.69 Å². The van der Waals surface area contributed by atoms with Gasteiger partial charge in [0.1, 0.15) is 0 Å². The van der Waals surface area contributed by atoms with Gasteiger partial charge >= 0.3 is 0 Å². The van der Waals surface area contributed by atoms with Crippen LogP contribution in [-0.2, 0) is 0 Å². The average Bonchev–Trinajstić information content (AvgIpc) is 2.34. The first-order chi connectivity index (χ1) is 7.83. The maximum atomic E-state index is 5.99. The quantitative estimate of drug-likeness (QED) is 0.876. The Hall–Kier alpha value is -0.900. The molecule has 4 heteroatoms. The Morgan fingerprint density at radius 3 is 2.88 bits per heavy atom. The molecule has 1 aromatic rings. The zero-order valence-electron chi connectivity index (χ0n) is 9.72. The number of hydrogen-bond acceptors (Lipinski definition) is 4. The SMILES string of the molecule is CCN(c1ncccc1N)C1CCSCC1. The minimum absolute atomic E-state index is 0.614. The molecule has 16 heavy (non-hydrogen) atoms. The molecule has 0 radical (unpaired) electrons. The van der Waals surface area contributed by atoms with Crippen LogP contribution in [0.4, 0.5) is 11.5 Å². The second kappa shape index (κ2) is 5.43. The van der Waals surface area contributed by atoms with E-state index in [1.165, 1.54) is 24.3 Å². The van der Waals surface area contributed by atoms with E-state index >= 15 is 0 Å². The summed E-state index contributed by atoms with van der Waals surface area (Å²) in [4.78, 5) is 6.77. The minimum atomic E-state index is 0.614. The molecule has 1 aliphatic heterocycles. The van der Waals surface area contributed by atoms with Crippen LogP contribution < -0.4 is 10.6 Å². The first-order valence-electron chi connectivity index (χ1n) is 5.87. The van der Waals surface area contributed by atoms with Crippen LogP contribution >= 0.6 is 11.8 Å². The molecule has 1 saturated heterocycles. The molecule has 1 aliphatic rings. The number of anilines is 2. The highest BCUT2D eigenvalue weighted by Gasteiger charge is 2.22. The highest BCUT2D eigenvalue weighted by molar-refractivity contribution is 7.99. The van der Waals surface area contributed by atoms with Gasteiger partial charge in [-0.25, -0.2) is 4.98 Å². The molecule has 0 bridgehead atoms. The molecule has 88 valence electrons. The van der Waals surface area contributed by atoms with Crippen LogP contribution in [0.2, 0.25) is 0 Å². The van der Waals surface area contributed by atoms with E-state index in [0.717, 1.165) is 18.1 Å². The number of nitrogen functional groups attached to an aromatic ring is 1. The average molecular weight is 237 g/mol. The molecule has 2 heterocycles. The summed E-state index contributed by atoms with van der Waals surface area (Å²) in [6.07, 6.45) is 4.31. The van der Waals surface area contributed by atoms with Crippen LogP contribution in [0.5, 0.6) is 0 Å². The van der Waals surface area contributed by atoms with E-state index in [9.17, 15) is 0 Å². The molecule has 0 aromatic carbocycles.